The second-order valence-corrected chi connectivity index (χ2v) is 8.22. The van der Waals surface area contributed by atoms with E-state index in [1.54, 1.807) is 25.3 Å². The van der Waals surface area contributed by atoms with Crippen LogP contribution in [0, 0.1) is 0 Å². The van der Waals surface area contributed by atoms with Crippen molar-refractivity contribution in [2.75, 3.05) is 33.6 Å². The predicted molar refractivity (Wildman–Crippen MR) is 112 cm³/mol. The second kappa shape index (κ2) is 10.6. The first-order valence-electron chi connectivity index (χ1n) is 8.86. The molecular weight excluding hydrogens is 394 g/mol. The van der Waals surface area contributed by atoms with E-state index in [0.29, 0.717) is 23.5 Å². The predicted octanol–water partition coefficient (Wildman–Crippen LogP) is 1.66. The van der Waals surface area contributed by atoms with Crippen LogP contribution in [-0.2, 0) is 21.2 Å². The Balaban J connectivity index is 1.98. The van der Waals surface area contributed by atoms with Crippen LogP contribution in [0.4, 0.5) is 0 Å². The molecule has 8 nitrogen and oxygen atoms in total. The van der Waals surface area contributed by atoms with Crippen molar-refractivity contribution in [1.82, 2.24) is 9.73 Å². The average Bonchev–Trinajstić information content (AvgIpc) is 2.70. The molecule has 2 rings (SSSR count). The first-order valence-corrected chi connectivity index (χ1v) is 10.7. The summed E-state index contributed by atoms with van der Waals surface area (Å²) in [5.41, 5.74) is 3.95. The van der Waals surface area contributed by atoms with Gasteiger partial charge in [0.2, 0.25) is 10.0 Å². The van der Waals surface area contributed by atoms with E-state index in [1.165, 1.54) is 13.3 Å². The highest BCUT2D eigenvalue weighted by atomic mass is 32.2. The molecule has 0 aliphatic rings. The lowest BCUT2D eigenvalue weighted by Gasteiger charge is -2.18. The number of benzene rings is 2. The topological polar surface area (TPSA) is 97.3 Å². The lowest BCUT2D eigenvalue weighted by molar-refractivity contribution is -0.121. The van der Waals surface area contributed by atoms with Gasteiger partial charge in [0.15, 0.2) is 0 Å². The minimum atomic E-state index is -3.54. The maximum Gasteiger partial charge on any atom is 0.255 e. The monoisotopic (exact) mass is 419 g/mol. The molecule has 0 bridgehead atoms. The summed E-state index contributed by atoms with van der Waals surface area (Å²) in [5, 5.41) is 3.90. The van der Waals surface area contributed by atoms with Gasteiger partial charge in [-0.1, -0.05) is 30.3 Å². The molecule has 0 aliphatic carbocycles. The molecule has 0 heterocycles. The molecule has 1 N–H and O–H groups in total. The van der Waals surface area contributed by atoms with E-state index in [2.05, 4.69) is 10.5 Å². The Bertz CT molecular complexity index is 946. The van der Waals surface area contributed by atoms with Crippen molar-refractivity contribution in [3.63, 3.8) is 0 Å². The average molecular weight is 420 g/mol. The second-order valence-electron chi connectivity index (χ2n) is 6.23. The van der Waals surface area contributed by atoms with Gasteiger partial charge < -0.3 is 9.47 Å². The Labute approximate surface area is 171 Å². The van der Waals surface area contributed by atoms with Crippen LogP contribution < -0.4 is 14.9 Å². The molecule has 2 aromatic carbocycles. The molecule has 0 aliphatic heterocycles. The fraction of sp³-hybridized carbons (Fsp3) is 0.300. The molecule has 0 aromatic heterocycles. The summed E-state index contributed by atoms with van der Waals surface area (Å²) >= 11 is 0. The molecular formula is C20H25N3O5S. The summed E-state index contributed by atoms with van der Waals surface area (Å²) in [6.45, 7) is -0.123. The Morgan fingerprint density at radius 2 is 1.86 bits per heavy atom. The van der Waals surface area contributed by atoms with Crippen molar-refractivity contribution < 1.29 is 22.7 Å². The molecule has 0 atom stereocenters. The Kier molecular flexibility index (Phi) is 8.17. The first-order chi connectivity index (χ1) is 13.8. The molecule has 0 spiro atoms. The quantitative estimate of drug-likeness (QED) is 0.467. The maximum atomic E-state index is 12.2. The van der Waals surface area contributed by atoms with Gasteiger partial charge in [0.1, 0.15) is 11.5 Å². The van der Waals surface area contributed by atoms with Gasteiger partial charge >= 0.3 is 0 Å². The van der Waals surface area contributed by atoms with Crippen LogP contribution in [0.15, 0.2) is 53.6 Å². The number of rotatable bonds is 10. The maximum absolute atomic E-state index is 12.2. The van der Waals surface area contributed by atoms with Crippen molar-refractivity contribution in [2.45, 2.75) is 6.42 Å². The molecule has 29 heavy (non-hydrogen) atoms. The molecule has 1 amide bonds. The van der Waals surface area contributed by atoms with Gasteiger partial charge in [-0.15, -0.1) is 0 Å². The van der Waals surface area contributed by atoms with Crippen molar-refractivity contribution >= 4 is 22.1 Å². The molecule has 0 saturated carbocycles. The number of carbonyl (C=O) groups excluding carboxylic acids is 1. The smallest absolute Gasteiger partial charge is 0.255 e. The summed E-state index contributed by atoms with van der Waals surface area (Å²) in [6.07, 6.45) is 3.00. The lowest BCUT2D eigenvalue weighted by atomic mass is 10.1. The minimum Gasteiger partial charge on any atom is -0.497 e. The Morgan fingerprint density at radius 3 is 2.48 bits per heavy atom. The number of nitrogens with one attached hydrogen (secondary N) is 1. The number of hydrogen-bond donors (Lipinski definition) is 1. The highest BCUT2D eigenvalue weighted by molar-refractivity contribution is 7.88. The third kappa shape index (κ3) is 7.20. The number of hydrogen-bond acceptors (Lipinski definition) is 6. The van der Waals surface area contributed by atoms with Crippen LogP contribution >= 0.6 is 0 Å². The summed E-state index contributed by atoms with van der Waals surface area (Å²) in [6, 6.07) is 14.6. The number of hydrazone groups is 1. The van der Waals surface area contributed by atoms with Crippen LogP contribution in [0.5, 0.6) is 11.5 Å². The normalized spacial score (nSPS) is 11.6. The summed E-state index contributed by atoms with van der Waals surface area (Å²) in [7, 11) is -0.479. The number of sulfonamides is 1. The number of nitrogens with zero attached hydrogens (tertiary/aromatic N) is 2. The molecule has 2 aromatic rings. The van der Waals surface area contributed by atoms with Gasteiger partial charge in [-0.05, 0) is 30.2 Å². The summed E-state index contributed by atoms with van der Waals surface area (Å²) in [4.78, 5) is 12.2. The molecule has 156 valence electrons. The highest BCUT2D eigenvalue weighted by Crippen LogP contribution is 2.22. The zero-order valence-electron chi connectivity index (χ0n) is 16.7. The van der Waals surface area contributed by atoms with Crippen LogP contribution in [0.2, 0.25) is 0 Å². The van der Waals surface area contributed by atoms with Gasteiger partial charge in [-0.3, -0.25) is 4.79 Å². The standard InChI is InChI=1S/C20H25N3O5S/c1-27-18-9-10-19(28-2)17(13-18)14-21-22-20(24)15-23(29(3,25)26)12-11-16-7-5-4-6-8-16/h4-10,13-14H,11-12,15H2,1-3H3,(H,22,24)/b21-14+. The van der Waals surface area contributed by atoms with Crippen LogP contribution in [-0.4, -0.2) is 58.4 Å². The van der Waals surface area contributed by atoms with E-state index in [4.69, 9.17) is 9.47 Å². The van der Waals surface area contributed by atoms with Gasteiger partial charge in [0.05, 0.1) is 33.2 Å². The van der Waals surface area contributed by atoms with E-state index in [-0.39, 0.29) is 13.1 Å². The van der Waals surface area contributed by atoms with Gasteiger partial charge in [0, 0.05) is 12.1 Å². The van der Waals surface area contributed by atoms with E-state index in [0.717, 1.165) is 16.1 Å². The SMILES string of the molecule is COc1ccc(OC)c(/C=N/NC(=O)CN(CCc2ccccc2)S(C)(=O)=O)c1. The number of amides is 1. The number of methoxy groups -OCH3 is 2. The van der Waals surface area contributed by atoms with Crippen molar-refractivity contribution in [2.24, 2.45) is 5.10 Å². The van der Waals surface area contributed by atoms with E-state index in [9.17, 15) is 13.2 Å². The zero-order chi connectivity index (χ0) is 21.3. The Hall–Kier alpha value is -2.91. The van der Waals surface area contributed by atoms with E-state index >= 15 is 0 Å². The minimum absolute atomic E-state index is 0.198. The largest absolute Gasteiger partial charge is 0.497 e. The molecule has 0 radical (unpaired) electrons. The summed E-state index contributed by atoms with van der Waals surface area (Å²) < 4.78 is 35.5. The van der Waals surface area contributed by atoms with Crippen LogP contribution in [0.25, 0.3) is 0 Å². The fourth-order valence-corrected chi connectivity index (χ4v) is 3.34. The third-order valence-electron chi connectivity index (χ3n) is 4.11. The van der Waals surface area contributed by atoms with Crippen LogP contribution in [0.1, 0.15) is 11.1 Å². The number of carbonyl (C=O) groups is 1. The molecule has 0 saturated heterocycles. The Morgan fingerprint density at radius 1 is 1.14 bits per heavy atom. The highest BCUT2D eigenvalue weighted by Gasteiger charge is 2.19. The van der Waals surface area contributed by atoms with Gasteiger partial charge in [0.25, 0.3) is 5.91 Å². The van der Waals surface area contributed by atoms with Crippen molar-refractivity contribution in [3.05, 3.63) is 59.7 Å². The molecule has 9 heteroatoms. The van der Waals surface area contributed by atoms with Crippen LogP contribution in [0.3, 0.4) is 0 Å². The van der Waals surface area contributed by atoms with E-state index in [1.807, 2.05) is 30.3 Å². The summed E-state index contributed by atoms with van der Waals surface area (Å²) in [5.74, 6) is 0.633. The number of ether oxygens (including phenoxy) is 2. The molecule has 0 fully saturated rings. The van der Waals surface area contributed by atoms with E-state index < -0.39 is 15.9 Å². The lowest BCUT2D eigenvalue weighted by Crippen LogP contribution is -2.40. The fourth-order valence-electron chi connectivity index (χ4n) is 2.57. The first kappa shape index (κ1) is 22.4. The van der Waals surface area contributed by atoms with Gasteiger partial charge in [-0.25, -0.2) is 13.8 Å². The van der Waals surface area contributed by atoms with Gasteiger partial charge in [-0.2, -0.15) is 9.41 Å². The third-order valence-corrected chi connectivity index (χ3v) is 5.36. The molecule has 0 unspecified atom stereocenters. The van der Waals surface area contributed by atoms with Crippen molar-refractivity contribution in [3.8, 4) is 11.5 Å². The van der Waals surface area contributed by atoms with Crippen molar-refractivity contribution in [1.29, 1.82) is 0 Å². The zero-order valence-corrected chi connectivity index (χ0v) is 17.5.